The van der Waals surface area contributed by atoms with E-state index < -0.39 is 17.8 Å². The Bertz CT molecular complexity index is 1060. The molecule has 7 heteroatoms. The average molecular weight is 423 g/mol. The van der Waals surface area contributed by atoms with Crippen LogP contribution in [-0.4, -0.2) is 22.9 Å². The van der Waals surface area contributed by atoms with Crippen LogP contribution in [0.2, 0.25) is 0 Å². The van der Waals surface area contributed by atoms with E-state index in [1.165, 1.54) is 11.3 Å². The summed E-state index contributed by atoms with van der Waals surface area (Å²) in [6, 6.07) is 9.23. The summed E-state index contributed by atoms with van der Waals surface area (Å²) in [5, 5.41) is 16.0. The number of amides is 2. The van der Waals surface area contributed by atoms with Gasteiger partial charge < -0.3 is 15.7 Å². The lowest BCUT2D eigenvalue weighted by Gasteiger charge is -2.23. The first-order valence-corrected chi connectivity index (χ1v) is 11.1. The second kappa shape index (κ2) is 7.40. The normalized spacial score (nSPS) is 25.9. The maximum absolute atomic E-state index is 13.1. The van der Waals surface area contributed by atoms with Gasteiger partial charge in [-0.15, -0.1) is 11.3 Å². The fourth-order valence-corrected chi connectivity index (χ4v) is 6.45. The van der Waals surface area contributed by atoms with Gasteiger partial charge in [-0.25, -0.2) is 0 Å². The topological polar surface area (TPSA) is 95.5 Å². The predicted molar refractivity (Wildman–Crippen MR) is 115 cm³/mol. The van der Waals surface area contributed by atoms with E-state index in [-0.39, 0.29) is 23.7 Å². The molecule has 3 aliphatic carbocycles. The Morgan fingerprint density at radius 1 is 0.967 bits per heavy atom. The molecular formula is C23H22N2O4S. The summed E-state index contributed by atoms with van der Waals surface area (Å²) in [4.78, 5) is 39.1. The maximum Gasteiger partial charge on any atom is 0.307 e. The standard InChI is InChI=1S/C23H22N2O4S/c26-20(17-12-9-10-13(11-12)18(17)23(28)29)25-22-19(15-7-4-8-16(15)30-22)21(27)24-14-5-2-1-3-6-14/h1-3,5-6,9-10,12-13,17-18H,4,7-8,11H2,(H,24,27)(H,25,26)(H,28,29)/t12-,13-,17+,18-/m0/s1. The molecule has 6 nitrogen and oxygen atoms in total. The van der Waals surface area contributed by atoms with Crippen LogP contribution in [0.4, 0.5) is 10.7 Å². The van der Waals surface area contributed by atoms with Gasteiger partial charge in [0, 0.05) is 10.6 Å². The van der Waals surface area contributed by atoms with E-state index in [4.69, 9.17) is 0 Å². The van der Waals surface area contributed by atoms with Crippen LogP contribution < -0.4 is 10.6 Å². The van der Waals surface area contributed by atoms with Gasteiger partial charge in [-0.2, -0.15) is 0 Å². The first kappa shape index (κ1) is 19.1. The summed E-state index contributed by atoms with van der Waals surface area (Å²) in [6.45, 7) is 0. The van der Waals surface area contributed by atoms with Crippen molar-refractivity contribution < 1.29 is 19.5 Å². The SMILES string of the molecule is O=C(Nc1ccccc1)c1c(NC(=O)[C@H]2[C@@H](C(=O)O)[C@H]3C=C[C@H]2C3)sc2c1CCC2. The number of nitrogens with one attached hydrogen (secondary N) is 2. The molecule has 1 saturated carbocycles. The molecule has 5 rings (SSSR count). The van der Waals surface area contributed by atoms with Crippen molar-refractivity contribution in [2.45, 2.75) is 25.7 Å². The van der Waals surface area contributed by atoms with E-state index in [1.807, 2.05) is 42.5 Å². The summed E-state index contributed by atoms with van der Waals surface area (Å²) in [5.74, 6) is -2.90. The van der Waals surface area contributed by atoms with Gasteiger partial charge >= 0.3 is 5.97 Å². The van der Waals surface area contributed by atoms with Crippen LogP contribution in [0.15, 0.2) is 42.5 Å². The van der Waals surface area contributed by atoms with Crippen LogP contribution in [0, 0.1) is 23.7 Å². The number of anilines is 2. The third kappa shape index (κ3) is 3.13. The zero-order valence-electron chi connectivity index (χ0n) is 16.3. The van der Waals surface area contributed by atoms with Gasteiger partial charge in [0.1, 0.15) is 5.00 Å². The van der Waals surface area contributed by atoms with Crippen molar-refractivity contribution in [3.63, 3.8) is 0 Å². The van der Waals surface area contributed by atoms with Crippen molar-refractivity contribution in [1.29, 1.82) is 0 Å². The molecule has 4 atom stereocenters. The fourth-order valence-electron chi connectivity index (χ4n) is 5.16. The minimum Gasteiger partial charge on any atom is -0.481 e. The smallest absolute Gasteiger partial charge is 0.307 e. The van der Waals surface area contributed by atoms with Gasteiger partial charge in [0.05, 0.1) is 17.4 Å². The molecular weight excluding hydrogens is 400 g/mol. The molecule has 154 valence electrons. The van der Waals surface area contributed by atoms with E-state index in [2.05, 4.69) is 10.6 Å². The first-order chi connectivity index (χ1) is 14.5. The molecule has 30 heavy (non-hydrogen) atoms. The highest BCUT2D eigenvalue weighted by atomic mass is 32.1. The van der Waals surface area contributed by atoms with Crippen molar-refractivity contribution in [3.8, 4) is 0 Å². The lowest BCUT2D eigenvalue weighted by Crippen LogP contribution is -2.36. The number of hydrogen-bond donors (Lipinski definition) is 3. The molecule has 1 heterocycles. The van der Waals surface area contributed by atoms with Crippen LogP contribution in [-0.2, 0) is 22.4 Å². The molecule has 3 aliphatic rings. The molecule has 2 aromatic rings. The third-order valence-corrected chi connectivity index (χ3v) is 7.67. The number of carbonyl (C=O) groups is 3. The van der Waals surface area contributed by atoms with E-state index in [1.54, 1.807) is 0 Å². The molecule has 2 amide bonds. The van der Waals surface area contributed by atoms with Crippen molar-refractivity contribution in [3.05, 3.63) is 58.5 Å². The van der Waals surface area contributed by atoms with Gasteiger partial charge in [0.2, 0.25) is 5.91 Å². The third-order valence-electron chi connectivity index (χ3n) is 6.46. The van der Waals surface area contributed by atoms with Crippen molar-refractivity contribution in [2.75, 3.05) is 10.6 Å². The number of aliphatic carboxylic acids is 1. The van der Waals surface area contributed by atoms with Crippen LogP contribution >= 0.6 is 11.3 Å². The van der Waals surface area contributed by atoms with Crippen molar-refractivity contribution in [2.24, 2.45) is 23.7 Å². The van der Waals surface area contributed by atoms with Gasteiger partial charge in [-0.1, -0.05) is 30.4 Å². The number of fused-ring (bicyclic) bond motifs is 3. The molecule has 0 unspecified atom stereocenters. The first-order valence-electron chi connectivity index (χ1n) is 10.3. The molecule has 0 aliphatic heterocycles. The van der Waals surface area contributed by atoms with Crippen LogP contribution in [0.25, 0.3) is 0 Å². The second-order valence-electron chi connectivity index (χ2n) is 8.21. The number of para-hydroxylation sites is 1. The molecule has 1 fully saturated rings. The molecule has 2 bridgehead atoms. The highest BCUT2D eigenvalue weighted by Gasteiger charge is 2.51. The van der Waals surface area contributed by atoms with Gasteiger partial charge in [-0.3, -0.25) is 14.4 Å². The van der Waals surface area contributed by atoms with Crippen LogP contribution in [0.1, 0.15) is 33.6 Å². The summed E-state index contributed by atoms with van der Waals surface area (Å²) in [7, 11) is 0. The van der Waals surface area contributed by atoms with E-state index in [0.29, 0.717) is 22.7 Å². The van der Waals surface area contributed by atoms with Crippen molar-refractivity contribution in [1.82, 2.24) is 0 Å². The Kier molecular flexibility index (Phi) is 4.70. The number of allylic oxidation sites excluding steroid dienone is 2. The largest absolute Gasteiger partial charge is 0.481 e. The Labute approximate surface area is 178 Å². The number of aryl methyl sites for hydroxylation is 1. The van der Waals surface area contributed by atoms with Crippen molar-refractivity contribution >= 4 is 39.8 Å². The molecule has 0 spiro atoms. The molecule has 1 aromatic carbocycles. The molecule has 0 saturated heterocycles. The second-order valence-corrected chi connectivity index (χ2v) is 9.31. The Hall–Kier alpha value is -2.93. The van der Waals surface area contributed by atoms with Crippen LogP contribution in [0.5, 0.6) is 0 Å². The molecule has 3 N–H and O–H groups in total. The lowest BCUT2D eigenvalue weighted by molar-refractivity contribution is -0.146. The summed E-state index contributed by atoms with van der Waals surface area (Å²) < 4.78 is 0. The number of carbonyl (C=O) groups excluding carboxylic acids is 2. The number of thiophene rings is 1. The van der Waals surface area contributed by atoms with Gasteiger partial charge in [0.15, 0.2) is 0 Å². The number of hydrogen-bond acceptors (Lipinski definition) is 4. The molecule has 1 aromatic heterocycles. The predicted octanol–water partition coefficient (Wildman–Crippen LogP) is 3.95. The zero-order valence-corrected chi connectivity index (χ0v) is 17.1. The minimum atomic E-state index is -0.928. The van der Waals surface area contributed by atoms with Crippen LogP contribution in [0.3, 0.4) is 0 Å². The number of benzene rings is 1. The maximum atomic E-state index is 13.1. The van der Waals surface area contributed by atoms with E-state index in [9.17, 15) is 19.5 Å². The average Bonchev–Trinajstić information content (AvgIpc) is 3.48. The summed E-state index contributed by atoms with van der Waals surface area (Å²) >= 11 is 1.45. The minimum absolute atomic E-state index is 0.0514. The Morgan fingerprint density at radius 3 is 2.43 bits per heavy atom. The monoisotopic (exact) mass is 422 g/mol. The highest BCUT2D eigenvalue weighted by molar-refractivity contribution is 7.17. The number of carboxylic acids is 1. The number of rotatable bonds is 5. The Morgan fingerprint density at radius 2 is 1.70 bits per heavy atom. The summed E-state index contributed by atoms with van der Waals surface area (Å²) in [5.41, 5.74) is 2.23. The zero-order chi connectivity index (χ0) is 20.8. The number of carboxylic acid groups (broad SMARTS) is 1. The molecule has 0 radical (unpaired) electrons. The van der Waals surface area contributed by atoms with Gasteiger partial charge in [0.25, 0.3) is 5.91 Å². The van der Waals surface area contributed by atoms with E-state index in [0.717, 1.165) is 29.7 Å². The Balaban J connectivity index is 1.42. The van der Waals surface area contributed by atoms with Gasteiger partial charge in [-0.05, 0) is 55.2 Å². The van der Waals surface area contributed by atoms with E-state index >= 15 is 0 Å². The lowest BCUT2D eigenvalue weighted by atomic mass is 9.82. The quantitative estimate of drug-likeness (QED) is 0.636. The summed E-state index contributed by atoms with van der Waals surface area (Å²) in [6.07, 6.45) is 7.30. The fraction of sp³-hybridized carbons (Fsp3) is 0.348. The highest BCUT2D eigenvalue weighted by Crippen LogP contribution is 2.49.